The lowest BCUT2D eigenvalue weighted by Crippen LogP contribution is -2.38. The molecule has 0 saturated carbocycles. The third-order valence-electron chi connectivity index (χ3n) is 2.95. The van der Waals surface area contributed by atoms with Gasteiger partial charge in [-0.2, -0.15) is 0 Å². The molecule has 0 saturated heterocycles. The van der Waals surface area contributed by atoms with Gasteiger partial charge in [-0.05, 0) is 27.2 Å². The van der Waals surface area contributed by atoms with E-state index in [1.165, 1.54) is 0 Å². The second kappa shape index (κ2) is 8.35. The summed E-state index contributed by atoms with van der Waals surface area (Å²) < 4.78 is 11.0. The van der Waals surface area contributed by atoms with Gasteiger partial charge >= 0.3 is 6.09 Å². The van der Waals surface area contributed by atoms with E-state index in [-0.39, 0.29) is 23.7 Å². The Morgan fingerprint density at radius 2 is 1.89 bits per heavy atom. The van der Waals surface area contributed by atoms with Crippen LogP contribution in [0.2, 0.25) is 0 Å². The standard InChI is InChI=1S/C14H29NO3/c1-7-8-9-15-13(16)17-10-14(5,6)12(4)18-11(2)3/h11-12H,7-10H2,1-6H3,(H,15,16). The van der Waals surface area contributed by atoms with E-state index in [0.717, 1.165) is 12.8 Å². The summed E-state index contributed by atoms with van der Waals surface area (Å²) in [5, 5.41) is 2.73. The van der Waals surface area contributed by atoms with Crippen LogP contribution in [0, 0.1) is 5.41 Å². The van der Waals surface area contributed by atoms with E-state index in [1.54, 1.807) is 0 Å². The van der Waals surface area contributed by atoms with E-state index >= 15 is 0 Å². The van der Waals surface area contributed by atoms with Crippen molar-refractivity contribution in [1.82, 2.24) is 5.32 Å². The molecule has 0 radical (unpaired) electrons. The summed E-state index contributed by atoms with van der Waals surface area (Å²) in [6, 6.07) is 0. The highest BCUT2D eigenvalue weighted by Gasteiger charge is 2.29. The maximum absolute atomic E-state index is 11.4. The molecule has 1 atom stereocenters. The SMILES string of the molecule is CCCCNC(=O)OCC(C)(C)C(C)OC(C)C. The molecule has 1 unspecified atom stereocenters. The number of amides is 1. The lowest BCUT2D eigenvalue weighted by Gasteiger charge is -2.32. The largest absolute Gasteiger partial charge is 0.449 e. The summed E-state index contributed by atoms with van der Waals surface area (Å²) in [6.45, 7) is 13.2. The first-order chi connectivity index (χ1) is 8.29. The van der Waals surface area contributed by atoms with Crippen LogP contribution in [-0.4, -0.2) is 31.5 Å². The molecule has 1 amide bonds. The van der Waals surface area contributed by atoms with Gasteiger partial charge in [0.1, 0.15) is 6.61 Å². The van der Waals surface area contributed by atoms with Gasteiger partial charge in [0.15, 0.2) is 0 Å². The van der Waals surface area contributed by atoms with Gasteiger partial charge in [-0.25, -0.2) is 4.79 Å². The minimum Gasteiger partial charge on any atom is -0.449 e. The molecule has 4 nitrogen and oxygen atoms in total. The van der Waals surface area contributed by atoms with Crippen molar-refractivity contribution >= 4 is 6.09 Å². The fourth-order valence-corrected chi connectivity index (χ4v) is 1.38. The molecule has 0 aromatic rings. The van der Waals surface area contributed by atoms with E-state index in [4.69, 9.17) is 9.47 Å². The summed E-state index contributed by atoms with van der Waals surface area (Å²) in [7, 11) is 0. The van der Waals surface area contributed by atoms with Crippen LogP contribution in [-0.2, 0) is 9.47 Å². The van der Waals surface area contributed by atoms with Crippen molar-refractivity contribution in [2.24, 2.45) is 5.41 Å². The predicted molar refractivity (Wildman–Crippen MR) is 73.7 cm³/mol. The topological polar surface area (TPSA) is 47.6 Å². The number of carbonyl (C=O) groups is 1. The summed E-state index contributed by atoms with van der Waals surface area (Å²) >= 11 is 0. The number of hydrogen-bond donors (Lipinski definition) is 1. The average Bonchev–Trinajstić information content (AvgIpc) is 2.26. The molecule has 1 N–H and O–H groups in total. The first kappa shape index (κ1) is 17.2. The molecule has 0 fully saturated rings. The zero-order chi connectivity index (χ0) is 14.2. The third-order valence-corrected chi connectivity index (χ3v) is 2.95. The minimum absolute atomic E-state index is 0.0425. The average molecular weight is 259 g/mol. The summed E-state index contributed by atoms with van der Waals surface area (Å²) in [5.41, 5.74) is -0.188. The molecule has 108 valence electrons. The van der Waals surface area contributed by atoms with Crippen LogP contribution in [0.1, 0.15) is 54.4 Å². The normalized spacial score (nSPS) is 13.5. The number of alkyl carbamates (subject to hydrolysis) is 1. The molecule has 0 spiro atoms. The number of carbonyl (C=O) groups excluding carboxylic acids is 1. The van der Waals surface area contributed by atoms with E-state index in [2.05, 4.69) is 12.2 Å². The van der Waals surface area contributed by atoms with Crippen LogP contribution in [0.15, 0.2) is 0 Å². The Hall–Kier alpha value is -0.770. The molecule has 0 heterocycles. The second-order valence-corrected chi connectivity index (χ2v) is 5.67. The summed E-state index contributed by atoms with van der Waals surface area (Å²) in [5.74, 6) is 0. The molecule has 0 aliphatic heterocycles. The molecule has 0 aliphatic rings. The number of hydrogen-bond acceptors (Lipinski definition) is 3. The molecular formula is C14H29NO3. The lowest BCUT2D eigenvalue weighted by atomic mass is 9.88. The smallest absolute Gasteiger partial charge is 0.407 e. The number of nitrogens with one attached hydrogen (secondary N) is 1. The summed E-state index contributed by atoms with van der Waals surface area (Å²) in [6.07, 6.45) is 1.92. The zero-order valence-electron chi connectivity index (χ0n) is 12.7. The fraction of sp³-hybridized carbons (Fsp3) is 0.929. The maximum atomic E-state index is 11.4. The zero-order valence-corrected chi connectivity index (χ0v) is 12.7. The van der Waals surface area contributed by atoms with Crippen LogP contribution in [0.3, 0.4) is 0 Å². The monoisotopic (exact) mass is 259 g/mol. The Balaban J connectivity index is 3.97. The van der Waals surface area contributed by atoms with E-state index in [1.807, 2.05) is 34.6 Å². The van der Waals surface area contributed by atoms with Gasteiger partial charge in [-0.15, -0.1) is 0 Å². The van der Waals surface area contributed by atoms with Gasteiger partial charge in [0.2, 0.25) is 0 Å². The van der Waals surface area contributed by atoms with Gasteiger partial charge in [0, 0.05) is 12.0 Å². The van der Waals surface area contributed by atoms with Crippen LogP contribution in [0.4, 0.5) is 4.79 Å². The Labute approximate surface area is 111 Å². The van der Waals surface area contributed by atoms with Crippen LogP contribution in [0.25, 0.3) is 0 Å². The molecule has 4 heteroatoms. The van der Waals surface area contributed by atoms with Crippen molar-refractivity contribution in [2.75, 3.05) is 13.2 Å². The van der Waals surface area contributed by atoms with Gasteiger partial charge in [-0.1, -0.05) is 27.2 Å². The third kappa shape index (κ3) is 7.54. The van der Waals surface area contributed by atoms with Crippen LogP contribution in [0.5, 0.6) is 0 Å². The lowest BCUT2D eigenvalue weighted by molar-refractivity contribution is -0.0670. The van der Waals surface area contributed by atoms with Crippen molar-refractivity contribution in [3.8, 4) is 0 Å². The van der Waals surface area contributed by atoms with Crippen LogP contribution < -0.4 is 5.32 Å². The highest BCUT2D eigenvalue weighted by atomic mass is 16.6. The molecule has 0 aromatic heterocycles. The fourth-order valence-electron chi connectivity index (χ4n) is 1.38. The molecule has 0 rings (SSSR count). The first-order valence-corrected chi connectivity index (χ1v) is 6.85. The number of rotatable bonds is 8. The van der Waals surface area contributed by atoms with Crippen molar-refractivity contribution in [3.63, 3.8) is 0 Å². The summed E-state index contributed by atoms with van der Waals surface area (Å²) in [4.78, 5) is 11.4. The van der Waals surface area contributed by atoms with E-state index in [0.29, 0.717) is 13.2 Å². The minimum atomic E-state index is -0.340. The second-order valence-electron chi connectivity index (χ2n) is 5.67. The first-order valence-electron chi connectivity index (χ1n) is 6.85. The van der Waals surface area contributed by atoms with Crippen molar-refractivity contribution in [2.45, 2.75) is 66.6 Å². The van der Waals surface area contributed by atoms with E-state index < -0.39 is 0 Å². The Kier molecular flexibility index (Phi) is 8.00. The molecule has 18 heavy (non-hydrogen) atoms. The molecule has 0 aliphatic carbocycles. The number of unbranched alkanes of at least 4 members (excludes halogenated alkanes) is 1. The van der Waals surface area contributed by atoms with Gasteiger partial charge < -0.3 is 14.8 Å². The number of ether oxygens (including phenoxy) is 2. The van der Waals surface area contributed by atoms with Crippen molar-refractivity contribution in [1.29, 1.82) is 0 Å². The van der Waals surface area contributed by atoms with Gasteiger partial charge in [0.05, 0.1) is 12.2 Å². The quantitative estimate of drug-likeness (QED) is 0.680. The Morgan fingerprint density at radius 3 is 2.39 bits per heavy atom. The molecule has 0 aromatic carbocycles. The highest BCUT2D eigenvalue weighted by molar-refractivity contribution is 5.67. The predicted octanol–water partition coefficient (Wildman–Crippen LogP) is 3.35. The van der Waals surface area contributed by atoms with Gasteiger partial charge in [0.25, 0.3) is 0 Å². The Morgan fingerprint density at radius 1 is 1.28 bits per heavy atom. The molecular weight excluding hydrogens is 230 g/mol. The highest BCUT2D eigenvalue weighted by Crippen LogP contribution is 2.24. The van der Waals surface area contributed by atoms with Crippen LogP contribution >= 0.6 is 0 Å². The maximum Gasteiger partial charge on any atom is 0.407 e. The van der Waals surface area contributed by atoms with Crippen molar-refractivity contribution in [3.05, 3.63) is 0 Å². The molecule has 0 bridgehead atoms. The van der Waals surface area contributed by atoms with Gasteiger partial charge in [-0.3, -0.25) is 0 Å². The van der Waals surface area contributed by atoms with E-state index in [9.17, 15) is 4.79 Å². The Bertz CT molecular complexity index is 239. The van der Waals surface area contributed by atoms with Crippen molar-refractivity contribution < 1.29 is 14.3 Å².